The molecule has 36 heavy (non-hydrogen) atoms. The summed E-state index contributed by atoms with van der Waals surface area (Å²) < 4.78 is 45.7. The van der Waals surface area contributed by atoms with Gasteiger partial charge in [0.05, 0.1) is 14.9 Å². The number of thiophene rings is 1. The van der Waals surface area contributed by atoms with E-state index in [9.17, 15) is 18.0 Å². The lowest BCUT2D eigenvalue weighted by atomic mass is 10.0. The minimum atomic E-state index is -4.45. The molecule has 0 bridgehead atoms. The van der Waals surface area contributed by atoms with Gasteiger partial charge in [-0.3, -0.25) is 4.79 Å². The molecule has 0 saturated heterocycles. The van der Waals surface area contributed by atoms with Crippen molar-refractivity contribution in [3.63, 3.8) is 0 Å². The monoisotopic (exact) mass is 581 g/mol. The van der Waals surface area contributed by atoms with Gasteiger partial charge in [-0.15, -0.1) is 11.3 Å². The third-order valence-corrected chi connectivity index (χ3v) is 7.66. The van der Waals surface area contributed by atoms with Gasteiger partial charge in [-0.05, 0) is 46.1 Å². The average Bonchev–Trinajstić information content (AvgIpc) is 3.46. The molecule has 6 N–H and O–H groups in total. The Morgan fingerprint density at radius 2 is 2.06 bits per heavy atom. The van der Waals surface area contributed by atoms with Gasteiger partial charge in [0.15, 0.2) is 5.75 Å². The van der Waals surface area contributed by atoms with Crippen molar-refractivity contribution < 1.29 is 22.7 Å². The second kappa shape index (κ2) is 11.0. The quantitative estimate of drug-likeness (QED) is 0.228. The maximum absolute atomic E-state index is 13.3. The minimum absolute atomic E-state index is 0.0364. The number of hydrogen-bond donors (Lipinski definition) is 4. The number of carbonyl (C=O) groups is 1. The summed E-state index contributed by atoms with van der Waals surface area (Å²) in [4.78, 5) is 21.8. The number of nitrogens with one attached hydrogen (secondary N) is 2. The molecule has 0 saturated carbocycles. The maximum atomic E-state index is 13.3. The van der Waals surface area contributed by atoms with Crippen molar-refractivity contribution in [2.45, 2.75) is 18.6 Å². The number of nitrogens with two attached hydrogens (primary N) is 2. The molecular weight excluding hydrogens is 559 g/mol. The fourth-order valence-corrected chi connectivity index (χ4v) is 5.75. The van der Waals surface area contributed by atoms with Gasteiger partial charge in [-0.1, -0.05) is 18.2 Å². The van der Waals surface area contributed by atoms with Crippen molar-refractivity contribution in [1.82, 2.24) is 15.3 Å². The van der Waals surface area contributed by atoms with Crippen LogP contribution in [-0.4, -0.2) is 41.6 Å². The van der Waals surface area contributed by atoms with E-state index in [2.05, 4.69) is 31.2 Å². The molecule has 1 atom stereocenters. The van der Waals surface area contributed by atoms with Gasteiger partial charge in [0.2, 0.25) is 0 Å². The molecule has 0 spiro atoms. The van der Waals surface area contributed by atoms with Crippen molar-refractivity contribution in [2.75, 3.05) is 19.7 Å². The maximum Gasteiger partial charge on any atom is 0.416 e. The van der Waals surface area contributed by atoms with Crippen LogP contribution < -0.4 is 21.5 Å². The highest BCUT2D eigenvalue weighted by Gasteiger charge is 2.31. The number of fused-ring (bicyclic) bond motifs is 1. The van der Waals surface area contributed by atoms with Crippen molar-refractivity contribution >= 4 is 44.2 Å². The molecule has 1 aromatic carbocycles. The fraction of sp³-hybridized carbons (Fsp3) is 0.250. The third-order valence-electron chi connectivity index (χ3n) is 5.44. The number of carbonyl (C=O) groups excluding carboxylic acids is 1. The average molecular weight is 582 g/mol. The summed E-state index contributed by atoms with van der Waals surface area (Å²) in [6.45, 7) is 0.473. The first-order valence-electron chi connectivity index (χ1n) is 11.0. The van der Waals surface area contributed by atoms with Crippen LogP contribution in [0.5, 0.6) is 5.75 Å². The number of benzene rings is 1. The van der Waals surface area contributed by atoms with Gasteiger partial charge < -0.3 is 26.5 Å². The molecule has 0 aliphatic rings. The molecule has 4 aromatic rings. The smallest absolute Gasteiger partial charge is 0.416 e. The summed E-state index contributed by atoms with van der Waals surface area (Å²) in [5.74, 6) is -0.103. The summed E-state index contributed by atoms with van der Waals surface area (Å²) in [5, 5.41) is 3.72. The van der Waals surface area contributed by atoms with Crippen LogP contribution >= 0.6 is 27.3 Å². The van der Waals surface area contributed by atoms with E-state index in [1.54, 1.807) is 18.5 Å². The number of nitrogens with zero attached hydrogens (tertiary/aromatic N) is 1. The molecule has 190 valence electrons. The number of halogens is 4. The first kappa shape index (κ1) is 26.1. The molecular formula is C24H23BrF3N5O2S. The first-order chi connectivity index (χ1) is 17.2. The van der Waals surface area contributed by atoms with Crippen molar-refractivity contribution in [1.29, 1.82) is 0 Å². The van der Waals surface area contributed by atoms with Crippen molar-refractivity contribution in [3.8, 4) is 16.2 Å². The molecule has 7 nitrogen and oxygen atoms in total. The van der Waals surface area contributed by atoms with Crippen molar-refractivity contribution in [3.05, 3.63) is 69.3 Å². The Labute approximate surface area is 217 Å². The van der Waals surface area contributed by atoms with E-state index < -0.39 is 23.7 Å². The number of hydrogen-bond acceptors (Lipinski definition) is 6. The van der Waals surface area contributed by atoms with Gasteiger partial charge in [-0.25, -0.2) is 4.98 Å². The van der Waals surface area contributed by atoms with E-state index in [-0.39, 0.29) is 26.1 Å². The zero-order valence-electron chi connectivity index (χ0n) is 18.9. The van der Waals surface area contributed by atoms with Gasteiger partial charge >= 0.3 is 6.18 Å². The highest BCUT2D eigenvalue weighted by molar-refractivity contribution is 9.10. The molecule has 12 heteroatoms. The largest absolute Gasteiger partial charge is 0.489 e. The summed E-state index contributed by atoms with van der Waals surface area (Å²) in [6.07, 6.45) is -0.870. The standard InChI is InChI=1S/C24H23BrF3N5O2S/c25-18-19(35-9-6-29)21(36-20(18)16-4-7-31-22-17(16)5-8-32-22)23(34)33-15(12-30)11-13-2-1-3-14(10-13)24(26,27)28/h1-5,7-8,10,15H,6,9,11-12,29-30H2,(H,31,32)(H,33,34)/t15-/m0/s1. The molecule has 3 aromatic heterocycles. The minimum Gasteiger partial charge on any atom is -0.489 e. The normalized spacial score (nSPS) is 12.6. The SMILES string of the molecule is NCCOc1c(C(=O)N[C@H](CN)Cc2cccc(C(F)(F)F)c2)sc(-c2ccnc3[nH]ccc23)c1Br. The van der Waals surface area contributed by atoms with Crippen LogP contribution in [0.1, 0.15) is 20.8 Å². The van der Waals surface area contributed by atoms with Crippen LogP contribution in [0.4, 0.5) is 13.2 Å². The third kappa shape index (κ3) is 5.56. The zero-order valence-corrected chi connectivity index (χ0v) is 21.3. The Morgan fingerprint density at radius 1 is 1.25 bits per heavy atom. The first-order valence-corrected chi connectivity index (χ1v) is 12.6. The number of aromatic amines is 1. The van der Waals surface area contributed by atoms with E-state index in [0.717, 1.165) is 28.0 Å². The molecule has 0 fully saturated rings. The number of pyridine rings is 1. The van der Waals surface area contributed by atoms with Crippen LogP contribution in [0.25, 0.3) is 21.5 Å². The second-order valence-corrected chi connectivity index (χ2v) is 9.76. The van der Waals surface area contributed by atoms with E-state index in [0.29, 0.717) is 26.3 Å². The van der Waals surface area contributed by atoms with Gasteiger partial charge in [0.25, 0.3) is 5.91 Å². The Bertz CT molecular complexity index is 1370. The van der Waals surface area contributed by atoms with Crippen LogP contribution in [0.2, 0.25) is 0 Å². The number of rotatable bonds is 9. The highest BCUT2D eigenvalue weighted by Crippen LogP contribution is 2.47. The molecule has 4 rings (SSSR count). The summed E-state index contributed by atoms with van der Waals surface area (Å²) >= 11 is 4.80. The fourth-order valence-electron chi connectivity index (χ4n) is 3.77. The van der Waals surface area contributed by atoms with E-state index in [1.165, 1.54) is 17.4 Å². The number of H-pyrrole nitrogens is 1. The lowest BCUT2D eigenvalue weighted by Crippen LogP contribution is -2.41. The predicted molar refractivity (Wildman–Crippen MR) is 137 cm³/mol. The van der Waals surface area contributed by atoms with Crippen LogP contribution in [0, 0.1) is 0 Å². The lowest BCUT2D eigenvalue weighted by Gasteiger charge is -2.18. The number of amides is 1. The van der Waals surface area contributed by atoms with Crippen molar-refractivity contribution in [2.24, 2.45) is 11.5 Å². The molecule has 0 aliphatic carbocycles. The van der Waals surface area contributed by atoms with Gasteiger partial charge in [-0.2, -0.15) is 13.2 Å². The predicted octanol–water partition coefficient (Wildman–Crippen LogP) is 4.71. The van der Waals surface area contributed by atoms with E-state index >= 15 is 0 Å². The summed E-state index contributed by atoms with van der Waals surface area (Å²) in [5.41, 5.74) is 12.7. The zero-order chi connectivity index (χ0) is 25.9. The van der Waals surface area contributed by atoms with E-state index in [1.807, 2.05) is 12.1 Å². The van der Waals surface area contributed by atoms with Crippen LogP contribution in [0.15, 0.2) is 53.3 Å². The lowest BCUT2D eigenvalue weighted by molar-refractivity contribution is -0.137. The highest BCUT2D eigenvalue weighted by atomic mass is 79.9. The molecule has 0 radical (unpaired) electrons. The molecule has 0 unspecified atom stereocenters. The topological polar surface area (TPSA) is 119 Å². The second-order valence-electron chi connectivity index (χ2n) is 7.95. The number of ether oxygens (including phenoxy) is 1. The molecule has 0 aliphatic heterocycles. The Morgan fingerprint density at radius 3 is 2.78 bits per heavy atom. The summed E-state index contributed by atoms with van der Waals surface area (Å²) in [7, 11) is 0. The van der Waals surface area contributed by atoms with E-state index in [4.69, 9.17) is 16.2 Å². The Balaban J connectivity index is 1.63. The molecule has 1 amide bonds. The Kier molecular flexibility index (Phi) is 7.98. The molecule has 3 heterocycles. The Hall–Kier alpha value is -2.93. The van der Waals surface area contributed by atoms with Gasteiger partial charge in [0.1, 0.15) is 17.1 Å². The number of aromatic nitrogens is 2. The van der Waals surface area contributed by atoms with Gasteiger partial charge in [0, 0.05) is 42.5 Å². The van der Waals surface area contributed by atoms with Crippen LogP contribution in [-0.2, 0) is 12.6 Å². The number of alkyl halides is 3. The summed E-state index contributed by atoms with van der Waals surface area (Å²) in [6, 6.07) is 8.13. The van der Waals surface area contributed by atoms with Crippen LogP contribution in [0.3, 0.4) is 0 Å².